The molecule has 0 saturated carbocycles. The number of ether oxygens (including phenoxy) is 1. The van der Waals surface area contributed by atoms with Gasteiger partial charge in [0.25, 0.3) is 0 Å². The molecule has 2 nitrogen and oxygen atoms in total. The molecule has 0 radical (unpaired) electrons. The maximum atomic E-state index is 12.9. The lowest BCUT2D eigenvalue weighted by atomic mass is 10.1. The van der Waals surface area contributed by atoms with Crippen LogP contribution < -0.4 is 5.32 Å². The predicted octanol–water partition coefficient (Wildman–Crippen LogP) is 2.79. The SMILES string of the molecule is COCCNCCc1cc(F)ccc1Br.Cl. The molecular formula is C11H16BrClFNO. The fourth-order valence-electron chi connectivity index (χ4n) is 1.26. The summed E-state index contributed by atoms with van der Waals surface area (Å²) in [4.78, 5) is 0. The average Bonchev–Trinajstić information content (AvgIpc) is 2.23. The first-order valence-corrected chi connectivity index (χ1v) is 5.67. The molecule has 0 aliphatic rings. The van der Waals surface area contributed by atoms with Crippen molar-refractivity contribution in [2.45, 2.75) is 6.42 Å². The minimum atomic E-state index is -0.190. The van der Waals surface area contributed by atoms with E-state index in [1.165, 1.54) is 6.07 Å². The normalized spacial score (nSPS) is 9.94. The summed E-state index contributed by atoms with van der Waals surface area (Å²) < 4.78 is 18.8. The van der Waals surface area contributed by atoms with E-state index < -0.39 is 0 Å². The molecule has 16 heavy (non-hydrogen) atoms. The van der Waals surface area contributed by atoms with Crippen molar-refractivity contribution in [2.75, 3.05) is 26.8 Å². The van der Waals surface area contributed by atoms with Crippen LogP contribution in [0.4, 0.5) is 4.39 Å². The van der Waals surface area contributed by atoms with Crippen molar-refractivity contribution in [2.24, 2.45) is 0 Å². The standard InChI is InChI=1S/C11H15BrFNO.ClH/c1-15-7-6-14-5-4-9-8-10(13)2-3-11(9)12;/h2-3,8,14H,4-7H2,1H3;1H. The Balaban J connectivity index is 0.00000225. The lowest BCUT2D eigenvalue weighted by Crippen LogP contribution is -2.21. The summed E-state index contributed by atoms with van der Waals surface area (Å²) >= 11 is 3.39. The molecule has 92 valence electrons. The predicted molar refractivity (Wildman–Crippen MR) is 69.8 cm³/mol. The van der Waals surface area contributed by atoms with Crippen molar-refractivity contribution in [3.63, 3.8) is 0 Å². The molecule has 1 aromatic carbocycles. The van der Waals surface area contributed by atoms with Gasteiger partial charge >= 0.3 is 0 Å². The maximum absolute atomic E-state index is 12.9. The summed E-state index contributed by atoms with van der Waals surface area (Å²) in [7, 11) is 1.67. The summed E-state index contributed by atoms with van der Waals surface area (Å²) in [5.74, 6) is -0.190. The van der Waals surface area contributed by atoms with Crippen LogP contribution in [0.2, 0.25) is 0 Å². The second-order valence-electron chi connectivity index (χ2n) is 3.23. The van der Waals surface area contributed by atoms with Crippen molar-refractivity contribution in [1.29, 1.82) is 0 Å². The summed E-state index contributed by atoms with van der Waals surface area (Å²) in [5, 5.41) is 3.21. The summed E-state index contributed by atoms with van der Waals surface area (Å²) in [6, 6.07) is 4.74. The van der Waals surface area contributed by atoms with Gasteiger partial charge < -0.3 is 10.1 Å². The van der Waals surface area contributed by atoms with Crippen LogP contribution in [0.3, 0.4) is 0 Å². The van der Waals surface area contributed by atoms with E-state index >= 15 is 0 Å². The van der Waals surface area contributed by atoms with Gasteiger partial charge in [-0.05, 0) is 36.7 Å². The quantitative estimate of drug-likeness (QED) is 0.816. The monoisotopic (exact) mass is 311 g/mol. The molecule has 1 N–H and O–H groups in total. The first-order chi connectivity index (χ1) is 7.24. The minimum Gasteiger partial charge on any atom is -0.383 e. The highest BCUT2D eigenvalue weighted by molar-refractivity contribution is 9.10. The summed E-state index contributed by atoms with van der Waals surface area (Å²) in [6.45, 7) is 2.35. The highest BCUT2D eigenvalue weighted by atomic mass is 79.9. The fourth-order valence-corrected chi connectivity index (χ4v) is 1.70. The largest absolute Gasteiger partial charge is 0.383 e. The van der Waals surface area contributed by atoms with E-state index in [0.717, 1.165) is 29.5 Å². The van der Waals surface area contributed by atoms with Gasteiger partial charge in [-0.25, -0.2) is 4.39 Å². The molecular weight excluding hydrogens is 296 g/mol. The second-order valence-corrected chi connectivity index (χ2v) is 4.08. The Morgan fingerprint density at radius 2 is 2.12 bits per heavy atom. The maximum Gasteiger partial charge on any atom is 0.123 e. The first-order valence-electron chi connectivity index (χ1n) is 4.87. The van der Waals surface area contributed by atoms with Gasteiger partial charge in [-0.3, -0.25) is 0 Å². The number of halogens is 3. The topological polar surface area (TPSA) is 21.3 Å². The molecule has 0 atom stereocenters. The minimum absolute atomic E-state index is 0. The molecule has 0 fully saturated rings. The molecule has 0 heterocycles. The van der Waals surface area contributed by atoms with E-state index in [1.807, 2.05) is 0 Å². The Kier molecular flexibility index (Phi) is 8.84. The van der Waals surface area contributed by atoms with Crippen molar-refractivity contribution in [3.8, 4) is 0 Å². The van der Waals surface area contributed by atoms with Crippen LogP contribution in [0, 0.1) is 5.82 Å². The Morgan fingerprint density at radius 3 is 2.81 bits per heavy atom. The van der Waals surface area contributed by atoms with Gasteiger partial charge in [-0.2, -0.15) is 0 Å². The summed E-state index contributed by atoms with van der Waals surface area (Å²) in [5.41, 5.74) is 0.986. The Labute approximate surface area is 110 Å². The Hall–Kier alpha value is -0.160. The van der Waals surface area contributed by atoms with E-state index in [-0.39, 0.29) is 18.2 Å². The zero-order chi connectivity index (χ0) is 11.1. The molecule has 0 aromatic heterocycles. The van der Waals surface area contributed by atoms with Crippen LogP contribution in [0.25, 0.3) is 0 Å². The molecule has 0 aliphatic heterocycles. The van der Waals surface area contributed by atoms with Crippen LogP contribution >= 0.6 is 28.3 Å². The average molecular weight is 313 g/mol. The highest BCUT2D eigenvalue weighted by Crippen LogP contribution is 2.17. The third-order valence-corrected chi connectivity index (χ3v) is 2.84. The fraction of sp³-hybridized carbons (Fsp3) is 0.455. The summed E-state index contributed by atoms with van der Waals surface area (Å²) in [6.07, 6.45) is 0.808. The van der Waals surface area contributed by atoms with Gasteiger partial charge in [-0.15, -0.1) is 12.4 Å². The van der Waals surface area contributed by atoms with E-state index in [4.69, 9.17) is 4.74 Å². The van der Waals surface area contributed by atoms with Crippen LogP contribution in [0.5, 0.6) is 0 Å². The van der Waals surface area contributed by atoms with Gasteiger partial charge in [0, 0.05) is 18.1 Å². The number of hydrogen-bond donors (Lipinski definition) is 1. The van der Waals surface area contributed by atoms with E-state index in [1.54, 1.807) is 19.2 Å². The van der Waals surface area contributed by atoms with Crippen LogP contribution in [-0.4, -0.2) is 26.8 Å². The second kappa shape index (κ2) is 8.93. The van der Waals surface area contributed by atoms with Crippen molar-refractivity contribution < 1.29 is 9.13 Å². The van der Waals surface area contributed by atoms with Crippen LogP contribution in [0.15, 0.2) is 22.7 Å². The van der Waals surface area contributed by atoms with Crippen LogP contribution in [-0.2, 0) is 11.2 Å². The van der Waals surface area contributed by atoms with Crippen LogP contribution in [0.1, 0.15) is 5.56 Å². The molecule has 0 spiro atoms. The third-order valence-electron chi connectivity index (χ3n) is 2.06. The smallest absolute Gasteiger partial charge is 0.123 e. The molecule has 5 heteroatoms. The van der Waals surface area contributed by atoms with Gasteiger partial charge in [0.15, 0.2) is 0 Å². The molecule has 1 rings (SSSR count). The Bertz CT molecular complexity index is 312. The van der Waals surface area contributed by atoms with Crippen molar-refractivity contribution in [1.82, 2.24) is 5.32 Å². The van der Waals surface area contributed by atoms with E-state index in [2.05, 4.69) is 21.2 Å². The Morgan fingerprint density at radius 1 is 1.38 bits per heavy atom. The van der Waals surface area contributed by atoms with Crippen molar-refractivity contribution in [3.05, 3.63) is 34.1 Å². The van der Waals surface area contributed by atoms with E-state index in [0.29, 0.717) is 6.61 Å². The third kappa shape index (κ3) is 5.80. The first kappa shape index (κ1) is 15.8. The zero-order valence-corrected chi connectivity index (χ0v) is 11.5. The molecule has 0 saturated heterocycles. The van der Waals surface area contributed by atoms with Crippen molar-refractivity contribution >= 4 is 28.3 Å². The number of hydrogen-bond acceptors (Lipinski definition) is 2. The molecule has 0 aliphatic carbocycles. The van der Waals surface area contributed by atoms with E-state index in [9.17, 15) is 4.39 Å². The number of nitrogens with one attached hydrogen (secondary N) is 1. The number of rotatable bonds is 6. The number of methoxy groups -OCH3 is 1. The highest BCUT2D eigenvalue weighted by Gasteiger charge is 2.00. The van der Waals surface area contributed by atoms with Gasteiger partial charge in [0.05, 0.1) is 6.61 Å². The number of benzene rings is 1. The molecule has 0 unspecified atom stereocenters. The molecule has 0 amide bonds. The molecule has 1 aromatic rings. The lowest BCUT2D eigenvalue weighted by molar-refractivity contribution is 0.199. The van der Waals surface area contributed by atoms with Gasteiger partial charge in [0.1, 0.15) is 5.82 Å². The van der Waals surface area contributed by atoms with Gasteiger partial charge in [0.2, 0.25) is 0 Å². The zero-order valence-electron chi connectivity index (χ0n) is 9.13. The lowest BCUT2D eigenvalue weighted by Gasteiger charge is -2.06. The molecule has 0 bridgehead atoms. The van der Waals surface area contributed by atoms with Gasteiger partial charge in [-0.1, -0.05) is 15.9 Å².